The Morgan fingerprint density at radius 1 is 1.17 bits per heavy atom. The molecule has 18 heavy (non-hydrogen) atoms. The maximum Gasteiger partial charge on any atom is 0.331 e. The molecule has 0 spiro atoms. The summed E-state index contributed by atoms with van der Waals surface area (Å²) in [6.45, 7) is 2.84. The fraction of sp³-hybridized carbons (Fsp3) is 0.231. The Bertz CT molecular complexity index is 519. The van der Waals surface area contributed by atoms with Crippen molar-refractivity contribution in [2.45, 2.75) is 13.8 Å². The van der Waals surface area contributed by atoms with Gasteiger partial charge in [-0.3, -0.25) is 4.79 Å². The van der Waals surface area contributed by atoms with E-state index in [0.29, 0.717) is 5.69 Å². The van der Waals surface area contributed by atoms with Crippen LogP contribution >= 0.6 is 0 Å². The second-order valence-corrected chi connectivity index (χ2v) is 3.94. The molecule has 1 aromatic carbocycles. The van der Waals surface area contributed by atoms with Crippen molar-refractivity contribution in [3.05, 3.63) is 35.4 Å². The second kappa shape index (κ2) is 5.35. The molecule has 0 aromatic heterocycles. The van der Waals surface area contributed by atoms with Crippen LogP contribution in [0.15, 0.2) is 35.4 Å². The molecule has 0 bridgehead atoms. The van der Waals surface area contributed by atoms with Crippen LogP contribution in [0.1, 0.15) is 13.8 Å². The predicted octanol–water partition coefficient (Wildman–Crippen LogP) is 1.78. The van der Waals surface area contributed by atoms with Gasteiger partial charge in [-0.1, -0.05) is 6.07 Å². The summed E-state index contributed by atoms with van der Waals surface area (Å²) in [7, 11) is 1.52. The van der Waals surface area contributed by atoms with Gasteiger partial charge in [0.2, 0.25) is 0 Å². The fourth-order valence-electron chi connectivity index (χ4n) is 1.39. The Balaban J connectivity index is 3.05. The van der Waals surface area contributed by atoms with Crippen LogP contribution in [-0.2, 0) is 9.59 Å². The molecule has 2 N–H and O–H groups in total. The van der Waals surface area contributed by atoms with Crippen LogP contribution in [0.2, 0.25) is 0 Å². The quantitative estimate of drug-likeness (QED) is 0.800. The van der Waals surface area contributed by atoms with E-state index in [9.17, 15) is 14.7 Å². The van der Waals surface area contributed by atoms with E-state index in [-0.39, 0.29) is 16.9 Å². The van der Waals surface area contributed by atoms with Crippen molar-refractivity contribution in [3.63, 3.8) is 0 Å². The van der Waals surface area contributed by atoms with Crippen molar-refractivity contribution in [3.8, 4) is 5.75 Å². The highest BCUT2D eigenvalue weighted by molar-refractivity contribution is 6.09. The van der Waals surface area contributed by atoms with Crippen molar-refractivity contribution in [2.75, 3.05) is 11.9 Å². The van der Waals surface area contributed by atoms with E-state index in [1.54, 1.807) is 12.1 Å². The lowest BCUT2D eigenvalue weighted by molar-refractivity contribution is -0.133. The summed E-state index contributed by atoms with van der Waals surface area (Å²) < 4.78 is 0. The summed E-state index contributed by atoms with van der Waals surface area (Å²) in [4.78, 5) is 24.1. The number of hydrogen-bond donors (Lipinski definition) is 2. The second-order valence-electron chi connectivity index (χ2n) is 3.94. The normalized spacial score (nSPS) is 11.7. The average Bonchev–Trinajstić information content (AvgIpc) is 2.35. The number of likely N-dealkylation sites (N-methyl/N-ethyl adjacent to an activating group) is 1. The molecule has 0 saturated heterocycles. The van der Waals surface area contributed by atoms with Crippen LogP contribution < -0.4 is 4.90 Å². The zero-order valence-electron chi connectivity index (χ0n) is 10.5. The summed E-state index contributed by atoms with van der Waals surface area (Å²) in [5.74, 6) is -1.49. The van der Waals surface area contributed by atoms with Gasteiger partial charge in [-0.25, -0.2) is 4.79 Å². The number of carbonyl (C=O) groups excluding carboxylic acids is 1. The van der Waals surface area contributed by atoms with Gasteiger partial charge in [-0.05, 0) is 26.0 Å². The van der Waals surface area contributed by atoms with Crippen molar-refractivity contribution in [1.82, 2.24) is 0 Å². The van der Waals surface area contributed by atoms with Gasteiger partial charge in [-0.2, -0.15) is 0 Å². The van der Waals surface area contributed by atoms with Crippen LogP contribution in [-0.4, -0.2) is 29.1 Å². The smallest absolute Gasteiger partial charge is 0.331 e. The molecule has 0 saturated carbocycles. The number of phenols is 1. The van der Waals surface area contributed by atoms with E-state index in [0.717, 1.165) is 0 Å². The van der Waals surface area contributed by atoms with E-state index in [2.05, 4.69) is 0 Å². The minimum absolute atomic E-state index is 0.00648. The van der Waals surface area contributed by atoms with Crippen molar-refractivity contribution >= 4 is 17.6 Å². The van der Waals surface area contributed by atoms with Crippen LogP contribution in [0.5, 0.6) is 5.75 Å². The molecule has 0 unspecified atom stereocenters. The van der Waals surface area contributed by atoms with Gasteiger partial charge >= 0.3 is 5.97 Å². The number of carboxylic acids is 1. The number of hydrogen-bond acceptors (Lipinski definition) is 3. The van der Waals surface area contributed by atoms with Crippen LogP contribution in [0.25, 0.3) is 0 Å². The Morgan fingerprint density at radius 3 is 2.28 bits per heavy atom. The Hall–Kier alpha value is -2.30. The largest absolute Gasteiger partial charge is 0.508 e. The summed E-state index contributed by atoms with van der Waals surface area (Å²) in [6, 6.07) is 6.19. The molecule has 0 fully saturated rings. The first-order valence-electron chi connectivity index (χ1n) is 5.32. The molecule has 0 aliphatic carbocycles. The first-order valence-corrected chi connectivity index (χ1v) is 5.32. The van der Waals surface area contributed by atoms with Gasteiger partial charge in [0.25, 0.3) is 5.91 Å². The first-order chi connectivity index (χ1) is 8.34. The molecule has 1 aromatic rings. The Kier molecular flexibility index (Phi) is 4.09. The molecule has 1 amide bonds. The number of carboxylic acid groups (broad SMARTS) is 1. The summed E-state index contributed by atoms with van der Waals surface area (Å²) >= 11 is 0. The van der Waals surface area contributed by atoms with Gasteiger partial charge in [-0.15, -0.1) is 0 Å². The van der Waals surface area contributed by atoms with E-state index < -0.39 is 11.9 Å². The lowest BCUT2D eigenvalue weighted by atomic mass is 10.1. The molecule has 0 radical (unpaired) electrons. The Labute approximate surface area is 105 Å². The van der Waals surface area contributed by atoms with Gasteiger partial charge in [0.05, 0.1) is 0 Å². The SMILES string of the molecule is C/C(C(=O)O)=C(\C)C(=O)N(C)c1cccc(O)c1. The molecule has 0 aliphatic rings. The highest BCUT2D eigenvalue weighted by atomic mass is 16.4. The number of aromatic hydroxyl groups is 1. The predicted molar refractivity (Wildman–Crippen MR) is 67.5 cm³/mol. The number of nitrogens with zero attached hydrogens (tertiary/aromatic N) is 1. The van der Waals surface area contributed by atoms with Crippen LogP contribution in [0, 0.1) is 0 Å². The number of aliphatic carboxylic acids is 1. The van der Waals surface area contributed by atoms with Gasteiger partial charge < -0.3 is 15.1 Å². The maximum absolute atomic E-state index is 12.0. The zero-order chi connectivity index (χ0) is 13.9. The molecular formula is C13H15NO4. The molecule has 5 heteroatoms. The average molecular weight is 249 g/mol. The Morgan fingerprint density at radius 2 is 1.78 bits per heavy atom. The number of phenolic OH excluding ortho intramolecular Hbond substituents is 1. The van der Waals surface area contributed by atoms with Crippen molar-refractivity contribution in [1.29, 1.82) is 0 Å². The first kappa shape index (κ1) is 13.8. The third-order valence-electron chi connectivity index (χ3n) is 2.73. The molecule has 0 aliphatic heterocycles. The van der Waals surface area contributed by atoms with Crippen molar-refractivity contribution < 1.29 is 19.8 Å². The number of anilines is 1. The maximum atomic E-state index is 12.0. The van der Waals surface area contributed by atoms with E-state index >= 15 is 0 Å². The highest BCUT2D eigenvalue weighted by Crippen LogP contribution is 2.20. The van der Waals surface area contributed by atoms with E-state index in [4.69, 9.17) is 5.11 Å². The van der Waals surface area contributed by atoms with E-state index in [1.165, 1.54) is 37.9 Å². The van der Waals surface area contributed by atoms with Crippen molar-refractivity contribution in [2.24, 2.45) is 0 Å². The van der Waals surface area contributed by atoms with Crippen LogP contribution in [0.3, 0.4) is 0 Å². The monoisotopic (exact) mass is 249 g/mol. The molecule has 96 valence electrons. The van der Waals surface area contributed by atoms with Gasteiger partial charge in [0.15, 0.2) is 0 Å². The third-order valence-corrected chi connectivity index (χ3v) is 2.73. The molecule has 1 rings (SSSR count). The zero-order valence-corrected chi connectivity index (χ0v) is 10.5. The number of amides is 1. The van der Waals surface area contributed by atoms with Gasteiger partial charge in [0, 0.05) is 29.9 Å². The standard InChI is InChI=1S/C13H15NO4/c1-8(9(2)13(17)18)12(16)14(3)10-5-4-6-11(15)7-10/h4-7,15H,1-3H3,(H,17,18)/b9-8-. The minimum Gasteiger partial charge on any atom is -0.508 e. The summed E-state index contributed by atoms with van der Waals surface area (Å²) in [5, 5.41) is 18.2. The molecule has 5 nitrogen and oxygen atoms in total. The minimum atomic E-state index is -1.12. The van der Waals surface area contributed by atoms with Crippen LogP contribution in [0.4, 0.5) is 5.69 Å². The summed E-state index contributed by atoms with van der Waals surface area (Å²) in [5.41, 5.74) is 0.665. The highest BCUT2D eigenvalue weighted by Gasteiger charge is 2.17. The molecular weight excluding hydrogens is 234 g/mol. The molecule has 0 heterocycles. The summed E-state index contributed by atoms with van der Waals surface area (Å²) in [6.07, 6.45) is 0. The third kappa shape index (κ3) is 2.88. The number of carbonyl (C=O) groups is 2. The number of benzene rings is 1. The fourth-order valence-corrected chi connectivity index (χ4v) is 1.39. The van der Waals surface area contributed by atoms with E-state index in [1.807, 2.05) is 0 Å². The topological polar surface area (TPSA) is 77.8 Å². The lowest BCUT2D eigenvalue weighted by Gasteiger charge is -2.18. The lowest BCUT2D eigenvalue weighted by Crippen LogP contribution is -2.28. The molecule has 0 atom stereocenters. The number of rotatable bonds is 3. The van der Waals surface area contributed by atoms with Gasteiger partial charge in [0.1, 0.15) is 5.75 Å².